The Morgan fingerprint density at radius 1 is 0.828 bits per heavy atom. The van der Waals surface area contributed by atoms with Crippen LogP contribution in [0.3, 0.4) is 0 Å². The zero-order chi connectivity index (χ0) is 40.2. The number of carbonyl (C=O) groups excluding carboxylic acids is 4. The van der Waals surface area contributed by atoms with Crippen molar-refractivity contribution in [1.82, 2.24) is 25.5 Å². The van der Waals surface area contributed by atoms with E-state index in [1.165, 1.54) is 12.3 Å². The molecule has 4 N–H and O–H groups in total. The maximum absolute atomic E-state index is 15.3. The van der Waals surface area contributed by atoms with E-state index in [4.69, 9.17) is 4.74 Å². The van der Waals surface area contributed by atoms with Crippen LogP contribution in [0, 0.1) is 17.6 Å². The first kappa shape index (κ1) is 39.6. The van der Waals surface area contributed by atoms with Gasteiger partial charge in [0.25, 0.3) is 0 Å². The lowest BCUT2D eigenvalue weighted by Gasteiger charge is -2.41. The third-order valence-electron chi connectivity index (χ3n) is 12.7. The number of hydrogen-bond acceptors (Lipinski definition) is 10. The quantitative estimate of drug-likeness (QED) is 0.173. The van der Waals surface area contributed by atoms with Gasteiger partial charge < -0.3 is 25.6 Å². The summed E-state index contributed by atoms with van der Waals surface area (Å²) < 4.78 is 35.4. The molecule has 15 heteroatoms. The molecular formula is C43H52F2N8O5. The Balaban J connectivity index is 0.754. The fourth-order valence-corrected chi connectivity index (χ4v) is 9.39. The molecule has 1 aromatic heterocycles. The van der Waals surface area contributed by atoms with E-state index in [-0.39, 0.29) is 59.6 Å². The van der Waals surface area contributed by atoms with Crippen molar-refractivity contribution < 1.29 is 32.7 Å². The summed E-state index contributed by atoms with van der Waals surface area (Å²) in [6.45, 7) is 2.72. The lowest BCUT2D eigenvalue weighted by Crippen LogP contribution is -2.47. The summed E-state index contributed by atoms with van der Waals surface area (Å²) in [5.41, 5.74) is 2.57. The summed E-state index contributed by atoms with van der Waals surface area (Å²) in [5, 5.41) is 12.1. The van der Waals surface area contributed by atoms with Gasteiger partial charge in [0, 0.05) is 53.9 Å². The number of anilines is 3. The number of benzene rings is 2. The van der Waals surface area contributed by atoms with Crippen molar-refractivity contribution in [3.05, 3.63) is 65.9 Å². The van der Waals surface area contributed by atoms with Crippen LogP contribution in [0.4, 0.5) is 30.9 Å². The summed E-state index contributed by atoms with van der Waals surface area (Å²) in [5.74, 6) is -0.852. The van der Waals surface area contributed by atoms with E-state index in [1.54, 1.807) is 29.2 Å². The molecule has 4 heterocycles. The minimum absolute atomic E-state index is 0.0103. The normalized spacial score (nSPS) is 26.1. The average Bonchev–Trinajstić information content (AvgIpc) is 3.24. The first-order valence-electron chi connectivity index (χ1n) is 20.9. The highest BCUT2D eigenvalue weighted by molar-refractivity contribution is 6.01. The van der Waals surface area contributed by atoms with Gasteiger partial charge in [0.2, 0.25) is 23.7 Å². The fourth-order valence-electron chi connectivity index (χ4n) is 9.39. The van der Waals surface area contributed by atoms with Gasteiger partial charge in [-0.2, -0.15) is 0 Å². The topological polar surface area (TPSA) is 158 Å². The summed E-state index contributed by atoms with van der Waals surface area (Å²) >= 11 is 0. The summed E-state index contributed by atoms with van der Waals surface area (Å²) in [4.78, 5) is 62.0. The van der Waals surface area contributed by atoms with Crippen molar-refractivity contribution in [2.24, 2.45) is 5.92 Å². The SMILES string of the molecule is O=C1CCC(Nc2ccc(C3CCN([C@H]4CC[C@H](C(=O)NC5CCC(Nc6ncc(F)c(-c7cccc(N8CCCOC8=O)c7)n6)CC5)CC4)CC3)c(F)c2)C(=O)N1. The van der Waals surface area contributed by atoms with Gasteiger partial charge >= 0.3 is 6.09 Å². The second-order valence-electron chi connectivity index (χ2n) is 16.5. The van der Waals surface area contributed by atoms with Crippen LogP contribution in [-0.4, -0.2) is 89.1 Å². The number of carbonyl (C=O) groups is 4. The lowest BCUT2D eigenvalue weighted by molar-refractivity contribution is -0.133. The van der Waals surface area contributed by atoms with Crippen molar-refractivity contribution in [3.63, 3.8) is 0 Å². The van der Waals surface area contributed by atoms with Crippen molar-refractivity contribution in [2.75, 3.05) is 41.8 Å². The van der Waals surface area contributed by atoms with Gasteiger partial charge in [-0.3, -0.25) is 24.6 Å². The molecule has 2 aliphatic carbocycles. The number of imide groups is 1. The molecule has 58 heavy (non-hydrogen) atoms. The number of aromatic nitrogens is 2. The van der Waals surface area contributed by atoms with Crippen LogP contribution in [0.15, 0.2) is 48.7 Å². The molecule has 3 aliphatic heterocycles. The van der Waals surface area contributed by atoms with Gasteiger partial charge in [-0.25, -0.2) is 23.5 Å². The lowest BCUT2D eigenvalue weighted by atomic mass is 9.82. The van der Waals surface area contributed by atoms with Gasteiger partial charge in [0.05, 0.1) is 12.8 Å². The molecular weight excluding hydrogens is 747 g/mol. The molecule has 4 amide bonds. The molecule has 0 radical (unpaired) electrons. The van der Waals surface area contributed by atoms with Crippen LogP contribution >= 0.6 is 0 Å². The maximum Gasteiger partial charge on any atom is 0.414 e. The summed E-state index contributed by atoms with van der Waals surface area (Å²) in [6.07, 6.45) is 10.8. The van der Waals surface area contributed by atoms with Crippen LogP contribution in [0.25, 0.3) is 11.3 Å². The molecule has 308 valence electrons. The van der Waals surface area contributed by atoms with E-state index in [0.29, 0.717) is 54.1 Å². The Bertz CT molecular complexity index is 1990. The Morgan fingerprint density at radius 3 is 2.34 bits per heavy atom. The van der Waals surface area contributed by atoms with E-state index in [1.807, 2.05) is 12.1 Å². The predicted molar refractivity (Wildman–Crippen MR) is 214 cm³/mol. The number of hydrogen-bond donors (Lipinski definition) is 4. The zero-order valence-corrected chi connectivity index (χ0v) is 32.7. The molecule has 2 saturated carbocycles. The van der Waals surface area contributed by atoms with Gasteiger partial charge in [0.15, 0.2) is 5.82 Å². The maximum atomic E-state index is 15.3. The second kappa shape index (κ2) is 17.8. The fraction of sp³-hybridized carbons (Fsp3) is 0.535. The first-order valence-corrected chi connectivity index (χ1v) is 20.9. The van der Waals surface area contributed by atoms with Crippen LogP contribution in [-0.2, 0) is 19.1 Å². The first-order chi connectivity index (χ1) is 28.2. The standard InChI is InChI=1S/C43H52F2N8O5/c44-35-24-31(47-37-15-16-38(54)50-41(37)56)11-14-34(35)26-17-20-52(21-18-26)32-12-5-27(6-13-32)40(55)48-29-7-9-30(10-8-29)49-42-46-25-36(45)39(51-42)28-3-1-4-33(23-28)53-19-2-22-58-43(53)57/h1,3-4,11,14,23-27,29-30,32,37,47H,2,5-10,12-13,15-22H2,(H,48,55)(H,46,49,51)(H,50,54,56)/t27-,29?,30?,32-,37?. The molecule has 0 bridgehead atoms. The number of likely N-dealkylation sites (tertiary alicyclic amines) is 1. The van der Waals surface area contributed by atoms with Gasteiger partial charge in [-0.05, 0) is 126 Å². The Hall–Kier alpha value is -5.18. The van der Waals surface area contributed by atoms with Crippen molar-refractivity contribution >= 4 is 41.1 Å². The van der Waals surface area contributed by atoms with Crippen molar-refractivity contribution in [1.29, 1.82) is 0 Å². The molecule has 13 nitrogen and oxygen atoms in total. The number of ether oxygens (including phenoxy) is 1. The molecule has 1 atom stereocenters. The van der Waals surface area contributed by atoms with Crippen LogP contribution in [0.2, 0.25) is 0 Å². The monoisotopic (exact) mass is 798 g/mol. The predicted octanol–water partition coefficient (Wildman–Crippen LogP) is 6.26. The average molecular weight is 799 g/mol. The van der Waals surface area contributed by atoms with Gasteiger partial charge in [-0.1, -0.05) is 18.2 Å². The number of cyclic esters (lactones) is 1. The Morgan fingerprint density at radius 2 is 1.60 bits per heavy atom. The van der Waals surface area contributed by atoms with Gasteiger partial charge in [-0.15, -0.1) is 0 Å². The smallest absolute Gasteiger partial charge is 0.414 e. The van der Waals surface area contributed by atoms with E-state index in [2.05, 4.69) is 36.1 Å². The van der Waals surface area contributed by atoms with E-state index >= 15 is 4.39 Å². The molecule has 5 aliphatic rings. The zero-order valence-electron chi connectivity index (χ0n) is 32.7. The number of halogens is 2. The van der Waals surface area contributed by atoms with Crippen LogP contribution in [0.1, 0.15) is 95.0 Å². The second-order valence-corrected chi connectivity index (χ2v) is 16.5. The van der Waals surface area contributed by atoms with Crippen LogP contribution < -0.4 is 26.2 Å². The largest absolute Gasteiger partial charge is 0.449 e. The molecule has 0 spiro atoms. The van der Waals surface area contributed by atoms with Gasteiger partial charge in [0.1, 0.15) is 17.6 Å². The van der Waals surface area contributed by atoms with Crippen molar-refractivity contribution in [3.8, 4) is 11.3 Å². The van der Waals surface area contributed by atoms with E-state index in [0.717, 1.165) is 83.7 Å². The number of nitrogens with one attached hydrogen (secondary N) is 4. The summed E-state index contributed by atoms with van der Waals surface area (Å²) in [6, 6.07) is 12.3. The molecule has 5 fully saturated rings. The molecule has 3 saturated heterocycles. The third kappa shape index (κ3) is 9.24. The Labute approximate surface area is 337 Å². The molecule has 1 unspecified atom stereocenters. The summed E-state index contributed by atoms with van der Waals surface area (Å²) in [7, 11) is 0. The third-order valence-corrected chi connectivity index (χ3v) is 12.7. The molecule has 2 aromatic carbocycles. The molecule has 8 rings (SSSR count). The molecule has 3 aromatic rings. The minimum Gasteiger partial charge on any atom is -0.449 e. The van der Waals surface area contributed by atoms with Crippen molar-refractivity contribution in [2.45, 2.75) is 114 Å². The highest BCUT2D eigenvalue weighted by Gasteiger charge is 2.34. The number of nitrogens with zero attached hydrogens (tertiary/aromatic N) is 4. The number of amides is 4. The van der Waals surface area contributed by atoms with Crippen LogP contribution in [0.5, 0.6) is 0 Å². The highest BCUT2D eigenvalue weighted by Crippen LogP contribution is 2.36. The van der Waals surface area contributed by atoms with E-state index in [9.17, 15) is 23.6 Å². The number of rotatable bonds is 10. The van der Waals surface area contributed by atoms with E-state index < -0.39 is 18.0 Å². The minimum atomic E-state index is -0.551. The number of piperidine rings is 2. The Kier molecular flexibility index (Phi) is 12.1. The highest BCUT2D eigenvalue weighted by atomic mass is 19.1.